The lowest BCUT2D eigenvalue weighted by molar-refractivity contribution is -0.126. The molecule has 2 heterocycles. The minimum absolute atomic E-state index is 0.0771. The molecular weight excluding hydrogens is 372 g/mol. The van der Waals surface area contributed by atoms with Crippen molar-refractivity contribution in [2.45, 2.75) is 37.6 Å². The average molecular weight is 395 g/mol. The summed E-state index contributed by atoms with van der Waals surface area (Å²) >= 11 is 6.05. The number of halogens is 1. The van der Waals surface area contributed by atoms with Gasteiger partial charge < -0.3 is 5.32 Å². The maximum Gasteiger partial charge on any atom is 0.230 e. The molecule has 1 aliphatic carbocycles. The maximum absolute atomic E-state index is 13.3. The summed E-state index contributed by atoms with van der Waals surface area (Å²) in [6.07, 6.45) is 9.33. The largest absolute Gasteiger partial charge is 0.351 e. The van der Waals surface area contributed by atoms with Crippen molar-refractivity contribution in [2.75, 3.05) is 0 Å². The van der Waals surface area contributed by atoms with Gasteiger partial charge in [-0.3, -0.25) is 14.5 Å². The Morgan fingerprint density at radius 2 is 1.96 bits per heavy atom. The van der Waals surface area contributed by atoms with Gasteiger partial charge in [0.05, 0.1) is 17.3 Å². The second-order valence-electron chi connectivity index (χ2n) is 7.39. The van der Waals surface area contributed by atoms with Crippen LogP contribution < -0.4 is 5.32 Å². The third-order valence-corrected chi connectivity index (χ3v) is 5.85. The molecule has 0 aliphatic heterocycles. The first-order valence-corrected chi connectivity index (χ1v) is 9.93. The number of rotatable bonds is 5. The van der Waals surface area contributed by atoms with Crippen molar-refractivity contribution in [1.29, 1.82) is 0 Å². The number of aryl methyl sites for hydroxylation is 1. The molecule has 1 fully saturated rings. The van der Waals surface area contributed by atoms with Crippen molar-refractivity contribution >= 4 is 17.5 Å². The third-order valence-electron chi connectivity index (χ3n) is 5.60. The zero-order valence-corrected chi connectivity index (χ0v) is 16.6. The Morgan fingerprint density at radius 3 is 2.64 bits per heavy atom. The predicted octanol–water partition coefficient (Wildman–Crippen LogP) is 4.26. The van der Waals surface area contributed by atoms with Crippen LogP contribution in [-0.4, -0.2) is 20.7 Å². The molecule has 1 N–H and O–H groups in total. The fourth-order valence-electron chi connectivity index (χ4n) is 4.12. The van der Waals surface area contributed by atoms with Crippen LogP contribution in [0.2, 0.25) is 5.02 Å². The third kappa shape index (κ3) is 3.54. The van der Waals surface area contributed by atoms with E-state index in [1.165, 1.54) is 0 Å². The predicted molar refractivity (Wildman–Crippen MR) is 110 cm³/mol. The molecule has 2 aromatic heterocycles. The normalized spacial score (nSPS) is 15.5. The Morgan fingerprint density at radius 1 is 1.21 bits per heavy atom. The van der Waals surface area contributed by atoms with E-state index < -0.39 is 5.41 Å². The highest BCUT2D eigenvalue weighted by molar-refractivity contribution is 6.30. The average Bonchev–Trinajstić information content (AvgIpc) is 3.37. The van der Waals surface area contributed by atoms with Gasteiger partial charge in [-0.05, 0) is 42.2 Å². The van der Waals surface area contributed by atoms with Gasteiger partial charge in [-0.2, -0.15) is 5.10 Å². The molecule has 0 spiro atoms. The van der Waals surface area contributed by atoms with Crippen LogP contribution in [0.25, 0.3) is 11.3 Å². The quantitative estimate of drug-likeness (QED) is 0.703. The van der Waals surface area contributed by atoms with E-state index in [0.29, 0.717) is 11.6 Å². The van der Waals surface area contributed by atoms with Gasteiger partial charge in [0, 0.05) is 36.6 Å². The molecule has 1 amide bonds. The zero-order valence-electron chi connectivity index (χ0n) is 15.9. The topological polar surface area (TPSA) is 59.8 Å². The van der Waals surface area contributed by atoms with Gasteiger partial charge in [0.2, 0.25) is 5.91 Å². The van der Waals surface area contributed by atoms with Gasteiger partial charge in [-0.1, -0.05) is 42.6 Å². The van der Waals surface area contributed by atoms with E-state index in [1.807, 2.05) is 49.6 Å². The fraction of sp³-hybridized carbons (Fsp3) is 0.318. The van der Waals surface area contributed by atoms with Crippen molar-refractivity contribution < 1.29 is 4.79 Å². The summed E-state index contributed by atoms with van der Waals surface area (Å²) in [4.78, 5) is 17.8. The summed E-state index contributed by atoms with van der Waals surface area (Å²) in [5, 5.41) is 8.09. The number of nitrogens with one attached hydrogen (secondary N) is 1. The van der Waals surface area contributed by atoms with Crippen LogP contribution in [-0.2, 0) is 23.8 Å². The number of hydrogen-bond acceptors (Lipinski definition) is 3. The Balaban J connectivity index is 1.56. The van der Waals surface area contributed by atoms with Crippen molar-refractivity contribution in [1.82, 2.24) is 20.1 Å². The molecule has 28 heavy (non-hydrogen) atoms. The number of carbonyl (C=O) groups excluding carboxylic acids is 1. The van der Waals surface area contributed by atoms with Crippen molar-refractivity contribution in [3.05, 3.63) is 71.1 Å². The second kappa shape index (κ2) is 7.76. The number of nitrogens with zero attached hydrogens (tertiary/aromatic N) is 3. The summed E-state index contributed by atoms with van der Waals surface area (Å²) in [7, 11) is 1.88. The number of benzene rings is 1. The van der Waals surface area contributed by atoms with Crippen LogP contribution in [0.4, 0.5) is 0 Å². The summed E-state index contributed by atoms with van der Waals surface area (Å²) in [6, 6.07) is 11.6. The molecule has 144 valence electrons. The molecule has 1 saturated carbocycles. The molecule has 0 saturated heterocycles. The molecule has 4 rings (SSSR count). The van der Waals surface area contributed by atoms with E-state index >= 15 is 0 Å². The molecular formula is C22H23ClN4O. The van der Waals surface area contributed by atoms with E-state index in [4.69, 9.17) is 11.6 Å². The summed E-state index contributed by atoms with van der Waals surface area (Å²) in [5.41, 5.74) is 3.35. The number of pyridine rings is 1. The zero-order chi connectivity index (χ0) is 19.6. The number of amides is 1. The fourth-order valence-corrected chi connectivity index (χ4v) is 4.25. The van der Waals surface area contributed by atoms with Crippen LogP contribution in [0, 0.1) is 0 Å². The highest BCUT2D eigenvalue weighted by Crippen LogP contribution is 2.41. The van der Waals surface area contributed by atoms with Crippen molar-refractivity contribution in [3.63, 3.8) is 0 Å². The van der Waals surface area contributed by atoms with Gasteiger partial charge in [0.15, 0.2) is 0 Å². The molecule has 1 aromatic carbocycles. The summed E-state index contributed by atoms with van der Waals surface area (Å²) < 4.78 is 1.75. The van der Waals surface area contributed by atoms with Crippen LogP contribution in [0.3, 0.4) is 0 Å². The van der Waals surface area contributed by atoms with Gasteiger partial charge in [-0.25, -0.2) is 0 Å². The molecule has 5 nitrogen and oxygen atoms in total. The van der Waals surface area contributed by atoms with E-state index in [1.54, 1.807) is 17.1 Å². The Labute approximate surface area is 169 Å². The van der Waals surface area contributed by atoms with Crippen LogP contribution in [0.1, 0.15) is 36.8 Å². The number of aromatic nitrogens is 3. The van der Waals surface area contributed by atoms with E-state index in [0.717, 1.165) is 48.1 Å². The van der Waals surface area contributed by atoms with Gasteiger partial charge in [0.25, 0.3) is 0 Å². The number of hydrogen-bond donors (Lipinski definition) is 1. The highest BCUT2D eigenvalue weighted by Gasteiger charge is 2.42. The first-order valence-electron chi connectivity index (χ1n) is 9.56. The minimum atomic E-state index is -0.471. The van der Waals surface area contributed by atoms with Crippen molar-refractivity contribution in [3.8, 4) is 11.3 Å². The lowest BCUT2D eigenvalue weighted by Crippen LogP contribution is -2.42. The number of carbonyl (C=O) groups is 1. The summed E-state index contributed by atoms with van der Waals surface area (Å²) in [6.45, 7) is 0.437. The Hall–Kier alpha value is -2.66. The smallest absolute Gasteiger partial charge is 0.230 e. The molecule has 0 radical (unpaired) electrons. The minimum Gasteiger partial charge on any atom is -0.351 e. The lowest BCUT2D eigenvalue weighted by Gasteiger charge is -2.28. The van der Waals surface area contributed by atoms with Crippen LogP contribution in [0.15, 0.2) is 55.0 Å². The first kappa shape index (κ1) is 18.7. The van der Waals surface area contributed by atoms with Gasteiger partial charge in [-0.15, -0.1) is 0 Å². The standard InChI is InChI=1S/C22H23ClN4O/c1-27-15-17(14-26-27)20-16(5-4-12-24-20)13-25-21(28)22(10-2-3-11-22)18-6-8-19(23)9-7-18/h4-9,12,14-15H,2-3,10-11,13H2,1H3,(H,25,28). The van der Waals surface area contributed by atoms with Gasteiger partial charge in [0.1, 0.15) is 0 Å². The molecule has 6 heteroatoms. The van der Waals surface area contributed by atoms with E-state index in [9.17, 15) is 4.79 Å². The molecule has 0 bridgehead atoms. The first-order chi connectivity index (χ1) is 13.6. The highest BCUT2D eigenvalue weighted by atomic mass is 35.5. The van der Waals surface area contributed by atoms with Crippen LogP contribution in [0.5, 0.6) is 0 Å². The maximum atomic E-state index is 13.3. The Bertz CT molecular complexity index is 974. The van der Waals surface area contributed by atoms with Gasteiger partial charge >= 0.3 is 0 Å². The monoisotopic (exact) mass is 394 g/mol. The van der Waals surface area contributed by atoms with E-state index in [2.05, 4.69) is 15.4 Å². The lowest BCUT2D eigenvalue weighted by atomic mass is 9.78. The van der Waals surface area contributed by atoms with E-state index in [-0.39, 0.29) is 5.91 Å². The second-order valence-corrected chi connectivity index (χ2v) is 7.83. The summed E-state index contributed by atoms with van der Waals surface area (Å²) in [5.74, 6) is 0.0771. The molecule has 0 unspecified atom stereocenters. The van der Waals surface area contributed by atoms with Crippen molar-refractivity contribution in [2.24, 2.45) is 7.05 Å². The molecule has 1 aliphatic rings. The van der Waals surface area contributed by atoms with Crippen LogP contribution >= 0.6 is 11.6 Å². The Kier molecular flexibility index (Phi) is 5.18. The molecule has 0 atom stereocenters. The molecule has 3 aromatic rings. The SMILES string of the molecule is Cn1cc(-c2ncccc2CNC(=O)C2(c3ccc(Cl)cc3)CCCC2)cn1.